The van der Waals surface area contributed by atoms with E-state index in [-0.39, 0.29) is 0 Å². The smallest absolute Gasteiger partial charge is 0.119 e. The molecule has 0 aliphatic rings. The molecule has 17 heavy (non-hydrogen) atoms. The summed E-state index contributed by atoms with van der Waals surface area (Å²) in [5, 5.41) is 4.56. The maximum Gasteiger partial charge on any atom is 0.119 e. The molecule has 0 atom stereocenters. The van der Waals surface area contributed by atoms with Gasteiger partial charge in [0, 0.05) is 4.88 Å². The molecule has 0 radical (unpaired) electrons. The minimum atomic E-state index is 0.904. The predicted octanol–water partition coefficient (Wildman–Crippen LogP) is 4.58. The molecule has 0 saturated heterocycles. The fourth-order valence-corrected chi connectivity index (χ4v) is 2.67. The predicted molar refractivity (Wildman–Crippen MR) is 73.8 cm³/mol. The van der Waals surface area contributed by atoms with Gasteiger partial charge in [0.05, 0.1) is 7.11 Å². The first kappa shape index (κ1) is 10.4. The van der Waals surface area contributed by atoms with Crippen LogP contribution in [0.1, 0.15) is 0 Å². The molecule has 1 aromatic heterocycles. The van der Waals surface area contributed by atoms with E-state index in [1.165, 1.54) is 21.2 Å². The summed E-state index contributed by atoms with van der Waals surface area (Å²) in [6.07, 6.45) is 0. The molecule has 0 saturated carbocycles. The van der Waals surface area contributed by atoms with E-state index in [4.69, 9.17) is 4.74 Å². The molecule has 0 bridgehead atoms. The van der Waals surface area contributed by atoms with Crippen molar-refractivity contribution in [1.29, 1.82) is 0 Å². The summed E-state index contributed by atoms with van der Waals surface area (Å²) in [4.78, 5) is 1.31. The van der Waals surface area contributed by atoms with Crippen LogP contribution in [0.15, 0.2) is 53.9 Å². The van der Waals surface area contributed by atoms with Crippen LogP contribution in [0.3, 0.4) is 0 Å². The largest absolute Gasteiger partial charge is 0.497 e. The Morgan fingerprint density at radius 2 is 1.76 bits per heavy atom. The van der Waals surface area contributed by atoms with Crippen molar-refractivity contribution in [3.63, 3.8) is 0 Å². The van der Waals surface area contributed by atoms with Gasteiger partial charge in [0.15, 0.2) is 0 Å². The van der Waals surface area contributed by atoms with Crippen molar-refractivity contribution in [2.75, 3.05) is 7.11 Å². The van der Waals surface area contributed by atoms with Crippen LogP contribution in [-0.4, -0.2) is 7.11 Å². The lowest BCUT2D eigenvalue weighted by Crippen LogP contribution is -1.82. The highest BCUT2D eigenvalue weighted by molar-refractivity contribution is 7.13. The summed E-state index contributed by atoms with van der Waals surface area (Å²) in [5.74, 6) is 0.904. The molecule has 1 heterocycles. The zero-order valence-electron chi connectivity index (χ0n) is 9.51. The van der Waals surface area contributed by atoms with E-state index in [1.807, 2.05) is 6.07 Å². The molecular weight excluding hydrogens is 228 g/mol. The highest BCUT2D eigenvalue weighted by Crippen LogP contribution is 2.29. The average molecular weight is 240 g/mol. The lowest BCUT2D eigenvalue weighted by molar-refractivity contribution is 0.415. The maximum atomic E-state index is 5.23. The van der Waals surface area contributed by atoms with Gasteiger partial charge in [0.25, 0.3) is 0 Å². The van der Waals surface area contributed by atoms with Crippen molar-refractivity contribution >= 4 is 22.1 Å². The van der Waals surface area contributed by atoms with Crippen molar-refractivity contribution in [1.82, 2.24) is 0 Å². The van der Waals surface area contributed by atoms with Crippen LogP contribution in [0.5, 0.6) is 5.75 Å². The SMILES string of the molecule is COc1ccc2cc(-c3cccs3)ccc2c1. The first-order valence-electron chi connectivity index (χ1n) is 5.48. The van der Waals surface area contributed by atoms with Gasteiger partial charge in [-0.25, -0.2) is 0 Å². The van der Waals surface area contributed by atoms with Crippen LogP contribution in [0, 0.1) is 0 Å². The number of hydrogen-bond donors (Lipinski definition) is 0. The highest BCUT2D eigenvalue weighted by Gasteiger charge is 2.01. The molecule has 0 fully saturated rings. The Morgan fingerprint density at radius 1 is 0.941 bits per heavy atom. The van der Waals surface area contributed by atoms with Crippen LogP contribution in [0.2, 0.25) is 0 Å². The summed E-state index contributed by atoms with van der Waals surface area (Å²) >= 11 is 1.77. The third-order valence-electron chi connectivity index (χ3n) is 2.85. The topological polar surface area (TPSA) is 9.23 Å². The lowest BCUT2D eigenvalue weighted by atomic mass is 10.1. The number of hydrogen-bond acceptors (Lipinski definition) is 2. The zero-order chi connectivity index (χ0) is 11.7. The van der Waals surface area contributed by atoms with Crippen LogP contribution in [0.25, 0.3) is 21.2 Å². The summed E-state index contributed by atoms with van der Waals surface area (Å²) in [7, 11) is 1.70. The van der Waals surface area contributed by atoms with Crippen LogP contribution in [0.4, 0.5) is 0 Å². The lowest BCUT2D eigenvalue weighted by Gasteiger charge is -2.04. The van der Waals surface area contributed by atoms with Crippen molar-refractivity contribution in [2.45, 2.75) is 0 Å². The summed E-state index contributed by atoms with van der Waals surface area (Å²) in [6.45, 7) is 0. The van der Waals surface area contributed by atoms with E-state index in [2.05, 4.69) is 47.8 Å². The summed E-state index contributed by atoms with van der Waals surface area (Å²) in [5.41, 5.74) is 1.28. The molecule has 2 heteroatoms. The van der Waals surface area contributed by atoms with Gasteiger partial charge in [-0.2, -0.15) is 0 Å². The van der Waals surface area contributed by atoms with E-state index >= 15 is 0 Å². The Kier molecular flexibility index (Phi) is 2.57. The normalized spacial score (nSPS) is 10.6. The number of ether oxygens (including phenoxy) is 1. The number of thiophene rings is 1. The first-order valence-corrected chi connectivity index (χ1v) is 6.36. The van der Waals surface area contributed by atoms with Gasteiger partial charge in [-0.05, 0) is 46.0 Å². The summed E-state index contributed by atoms with van der Waals surface area (Å²) in [6, 6.07) is 16.9. The van der Waals surface area contributed by atoms with E-state index in [0.717, 1.165) is 5.75 Å². The van der Waals surface area contributed by atoms with Crippen molar-refractivity contribution in [2.24, 2.45) is 0 Å². The van der Waals surface area contributed by atoms with Gasteiger partial charge in [0.1, 0.15) is 5.75 Å². The molecule has 2 aromatic carbocycles. The van der Waals surface area contributed by atoms with E-state index in [0.29, 0.717) is 0 Å². The van der Waals surface area contributed by atoms with E-state index < -0.39 is 0 Å². The van der Waals surface area contributed by atoms with Crippen LogP contribution >= 0.6 is 11.3 Å². The Labute approximate surface area is 104 Å². The number of benzene rings is 2. The maximum absolute atomic E-state index is 5.23. The average Bonchev–Trinajstić information content (AvgIpc) is 2.91. The number of fused-ring (bicyclic) bond motifs is 1. The quantitative estimate of drug-likeness (QED) is 0.637. The molecule has 0 amide bonds. The monoisotopic (exact) mass is 240 g/mol. The summed E-state index contributed by atoms with van der Waals surface area (Å²) < 4.78 is 5.23. The molecule has 0 aliphatic heterocycles. The third kappa shape index (κ3) is 1.92. The Balaban J connectivity index is 2.14. The molecule has 0 spiro atoms. The van der Waals surface area contributed by atoms with Gasteiger partial charge in [-0.1, -0.05) is 24.3 Å². The molecule has 0 N–H and O–H groups in total. The van der Waals surface area contributed by atoms with Crippen molar-refractivity contribution in [3.8, 4) is 16.2 Å². The zero-order valence-corrected chi connectivity index (χ0v) is 10.3. The van der Waals surface area contributed by atoms with Gasteiger partial charge >= 0.3 is 0 Å². The van der Waals surface area contributed by atoms with Gasteiger partial charge in [0.2, 0.25) is 0 Å². The van der Waals surface area contributed by atoms with Crippen molar-refractivity contribution < 1.29 is 4.74 Å². The second-order valence-corrected chi connectivity index (χ2v) is 4.85. The fourth-order valence-electron chi connectivity index (χ4n) is 1.95. The Hall–Kier alpha value is -1.80. The Bertz CT molecular complexity index is 641. The van der Waals surface area contributed by atoms with Crippen LogP contribution in [-0.2, 0) is 0 Å². The molecule has 3 rings (SSSR count). The molecule has 84 valence electrons. The molecule has 3 aromatic rings. The van der Waals surface area contributed by atoms with E-state index in [9.17, 15) is 0 Å². The number of methoxy groups -OCH3 is 1. The van der Waals surface area contributed by atoms with Gasteiger partial charge in [-0.3, -0.25) is 0 Å². The van der Waals surface area contributed by atoms with Gasteiger partial charge < -0.3 is 4.74 Å². The minimum Gasteiger partial charge on any atom is -0.497 e. The highest BCUT2D eigenvalue weighted by atomic mass is 32.1. The number of rotatable bonds is 2. The van der Waals surface area contributed by atoms with Crippen molar-refractivity contribution in [3.05, 3.63) is 53.9 Å². The molecule has 0 unspecified atom stereocenters. The fraction of sp³-hybridized carbons (Fsp3) is 0.0667. The second-order valence-electron chi connectivity index (χ2n) is 3.91. The van der Waals surface area contributed by atoms with Gasteiger partial charge in [-0.15, -0.1) is 11.3 Å². The second kappa shape index (κ2) is 4.22. The Morgan fingerprint density at radius 3 is 2.53 bits per heavy atom. The van der Waals surface area contributed by atoms with Crippen LogP contribution < -0.4 is 4.74 Å². The third-order valence-corrected chi connectivity index (χ3v) is 3.77. The first-order chi connectivity index (χ1) is 8.36. The minimum absolute atomic E-state index is 0.904. The standard InChI is InChI=1S/C15H12OS/c1-16-14-7-6-11-9-13(5-4-12(11)10-14)15-3-2-8-17-15/h2-10H,1H3. The molecule has 0 aliphatic carbocycles. The molecule has 1 nitrogen and oxygen atoms in total. The van der Waals surface area contributed by atoms with E-state index in [1.54, 1.807) is 18.4 Å². The molecular formula is C15H12OS.